The molecular formula is C15H24N2O3S. The first kappa shape index (κ1) is 16.3. The number of anilines is 1. The molecule has 0 saturated carbocycles. The Labute approximate surface area is 127 Å². The minimum atomic E-state index is -3.53. The lowest BCUT2D eigenvalue weighted by Gasteiger charge is -2.28. The van der Waals surface area contributed by atoms with E-state index in [4.69, 9.17) is 4.74 Å². The number of hydrogen-bond acceptors (Lipinski definition) is 4. The maximum atomic E-state index is 12.5. The van der Waals surface area contributed by atoms with Gasteiger partial charge in [0.05, 0.1) is 16.5 Å². The number of hydrogen-bond donors (Lipinski definition) is 2. The molecule has 2 atom stereocenters. The van der Waals surface area contributed by atoms with Crippen LogP contribution in [0.2, 0.25) is 0 Å². The summed E-state index contributed by atoms with van der Waals surface area (Å²) in [7, 11) is -3.53. The summed E-state index contributed by atoms with van der Waals surface area (Å²) >= 11 is 0. The molecule has 0 radical (unpaired) electrons. The topological polar surface area (TPSA) is 67.4 Å². The third-order valence-corrected chi connectivity index (χ3v) is 5.63. The first-order chi connectivity index (χ1) is 9.87. The average molecular weight is 312 g/mol. The molecule has 1 fully saturated rings. The smallest absolute Gasteiger partial charge is 0.241 e. The molecule has 2 unspecified atom stereocenters. The van der Waals surface area contributed by atoms with E-state index in [1.165, 1.54) is 0 Å². The van der Waals surface area contributed by atoms with Crippen LogP contribution >= 0.6 is 0 Å². The molecule has 1 heterocycles. The standard InChI is InChI=1S/C15H24N2O3S/c1-4-10-16-13-5-7-14(8-6-13)21(18,19)17-15(3)9-11-20-12(15)2/h5-8,12,16-17H,4,9-11H2,1-3H3. The van der Waals surface area contributed by atoms with Crippen molar-refractivity contribution >= 4 is 15.7 Å². The summed E-state index contributed by atoms with van der Waals surface area (Å²) in [6.07, 6.45) is 1.58. The Hall–Kier alpha value is -1.11. The maximum absolute atomic E-state index is 12.5. The molecule has 1 aromatic rings. The van der Waals surface area contributed by atoms with Crippen LogP contribution < -0.4 is 10.0 Å². The van der Waals surface area contributed by atoms with E-state index in [1.54, 1.807) is 24.3 Å². The van der Waals surface area contributed by atoms with Crippen molar-refractivity contribution in [3.8, 4) is 0 Å². The van der Waals surface area contributed by atoms with Crippen molar-refractivity contribution in [3.63, 3.8) is 0 Å². The summed E-state index contributed by atoms with van der Waals surface area (Å²) in [4.78, 5) is 0.282. The number of rotatable bonds is 6. The fourth-order valence-electron chi connectivity index (χ4n) is 2.36. The van der Waals surface area contributed by atoms with E-state index in [1.807, 2.05) is 13.8 Å². The molecule has 1 aliphatic heterocycles. The number of sulfonamides is 1. The highest BCUT2D eigenvalue weighted by molar-refractivity contribution is 7.89. The highest BCUT2D eigenvalue weighted by Crippen LogP contribution is 2.27. The first-order valence-electron chi connectivity index (χ1n) is 7.37. The second-order valence-corrected chi connectivity index (χ2v) is 7.42. The molecule has 0 aromatic heterocycles. The molecule has 6 heteroatoms. The molecule has 1 aliphatic rings. The number of nitrogens with one attached hydrogen (secondary N) is 2. The zero-order valence-electron chi connectivity index (χ0n) is 12.8. The van der Waals surface area contributed by atoms with Gasteiger partial charge in [-0.05, 0) is 51.0 Å². The monoisotopic (exact) mass is 312 g/mol. The van der Waals surface area contributed by atoms with E-state index in [2.05, 4.69) is 17.0 Å². The molecule has 5 nitrogen and oxygen atoms in total. The molecule has 0 spiro atoms. The summed E-state index contributed by atoms with van der Waals surface area (Å²) in [5, 5.41) is 3.23. The normalized spacial score (nSPS) is 26.0. The van der Waals surface area contributed by atoms with Gasteiger partial charge in [-0.25, -0.2) is 13.1 Å². The minimum absolute atomic E-state index is 0.127. The summed E-state index contributed by atoms with van der Waals surface area (Å²) in [5.74, 6) is 0. The quantitative estimate of drug-likeness (QED) is 0.846. The Kier molecular flexibility index (Phi) is 4.91. The predicted molar refractivity (Wildman–Crippen MR) is 84.0 cm³/mol. The molecule has 0 amide bonds. The Morgan fingerprint density at radius 3 is 2.52 bits per heavy atom. The fraction of sp³-hybridized carbons (Fsp3) is 0.600. The van der Waals surface area contributed by atoms with E-state index >= 15 is 0 Å². The molecule has 0 aliphatic carbocycles. The lowest BCUT2D eigenvalue weighted by Crippen LogP contribution is -2.50. The average Bonchev–Trinajstić information content (AvgIpc) is 2.75. The molecule has 21 heavy (non-hydrogen) atoms. The Bertz CT molecular complexity index is 571. The highest BCUT2D eigenvalue weighted by atomic mass is 32.2. The second kappa shape index (κ2) is 6.34. The second-order valence-electron chi connectivity index (χ2n) is 5.74. The van der Waals surface area contributed by atoms with Crippen LogP contribution in [0.5, 0.6) is 0 Å². The Balaban J connectivity index is 2.12. The molecule has 118 valence electrons. The van der Waals surface area contributed by atoms with Crippen molar-refractivity contribution in [2.75, 3.05) is 18.5 Å². The summed E-state index contributed by atoms with van der Waals surface area (Å²) in [6, 6.07) is 6.84. The van der Waals surface area contributed by atoms with Crippen LogP contribution in [-0.2, 0) is 14.8 Å². The maximum Gasteiger partial charge on any atom is 0.241 e. The summed E-state index contributed by atoms with van der Waals surface area (Å²) in [6.45, 7) is 7.32. The fourth-order valence-corrected chi connectivity index (χ4v) is 3.85. The van der Waals surface area contributed by atoms with Crippen LogP contribution in [0.15, 0.2) is 29.2 Å². The third-order valence-electron chi connectivity index (χ3n) is 4.00. The van der Waals surface area contributed by atoms with Crippen LogP contribution in [0.3, 0.4) is 0 Å². The highest BCUT2D eigenvalue weighted by Gasteiger charge is 2.40. The molecule has 2 rings (SSSR count). The predicted octanol–water partition coefficient (Wildman–Crippen LogP) is 2.35. The van der Waals surface area contributed by atoms with Crippen LogP contribution in [0.25, 0.3) is 0 Å². The van der Waals surface area contributed by atoms with E-state index in [0.29, 0.717) is 13.0 Å². The van der Waals surface area contributed by atoms with Gasteiger partial charge in [0.2, 0.25) is 10.0 Å². The molecule has 0 bridgehead atoms. The Morgan fingerprint density at radius 1 is 1.33 bits per heavy atom. The van der Waals surface area contributed by atoms with Gasteiger partial charge in [-0.1, -0.05) is 6.92 Å². The van der Waals surface area contributed by atoms with Crippen LogP contribution in [0, 0.1) is 0 Å². The SMILES string of the molecule is CCCNc1ccc(S(=O)(=O)NC2(C)CCOC2C)cc1. The van der Waals surface area contributed by atoms with Gasteiger partial charge >= 0.3 is 0 Å². The van der Waals surface area contributed by atoms with E-state index in [-0.39, 0.29) is 11.0 Å². The minimum Gasteiger partial charge on any atom is -0.385 e. The van der Waals surface area contributed by atoms with E-state index in [0.717, 1.165) is 18.7 Å². The van der Waals surface area contributed by atoms with Gasteiger partial charge in [0.15, 0.2) is 0 Å². The lowest BCUT2D eigenvalue weighted by molar-refractivity contribution is 0.0957. The van der Waals surface area contributed by atoms with Crippen LogP contribution in [-0.4, -0.2) is 33.2 Å². The van der Waals surface area contributed by atoms with E-state index < -0.39 is 15.6 Å². The summed E-state index contributed by atoms with van der Waals surface area (Å²) in [5.41, 5.74) is 0.386. The third kappa shape index (κ3) is 3.75. The van der Waals surface area contributed by atoms with Crippen molar-refractivity contribution in [2.24, 2.45) is 0 Å². The van der Waals surface area contributed by atoms with Gasteiger partial charge in [-0.2, -0.15) is 0 Å². The van der Waals surface area contributed by atoms with Gasteiger partial charge in [0.25, 0.3) is 0 Å². The van der Waals surface area contributed by atoms with Crippen LogP contribution in [0.1, 0.15) is 33.6 Å². The van der Waals surface area contributed by atoms with Gasteiger partial charge in [-0.15, -0.1) is 0 Å². The van der Waals surface area contributed by atoms with Crippen molar-refractivity contribution < 1.29 is 13.2 Å². The largest absolute Gasteiger partial charge is 0.385 e. The van der Waals surface area contributed by atoms with Crippen molar-refractivity contribution in [3.05, 3.63) is 24.3 Å². The zero-order chi connectivity index (χ0) is 15.5. The molecule has 1 aromatic carbocycles. The molecule has 2 N–H and O–H groups in total. The lowest BCUT2D eigenvalue weighted by atomic mass is 9.97. The van der Waals surface area contributed by atoms with Crippen molar-refractivity contribution in [1.82, 2.24) is 4.72 Å². The van der Waals surface area contributed by atoms with Gasteiger partial charge in [-0.3, -0.25) is 0 Å². The molecular weight excluding hydrogens is 288 g/mol. The van der Waals surface area contributed by atoms with Crippen molar-refractivity contribution in [2.45, 2.75) is 50.2 Å². The number of benzene rings is 1. The number of ether oxygens (including phenoxy) is 1. The molecule has 1 saturated heterocycles. The van der Waals surface area contributed by atoms with Gasteiger partial charge in [0.1, 0.15) is 0 Å². The Morgan fingerprint density at radius 2 is 2.00 bits per heavy atom. The van der Waals surface area contributed by atoms with E-state index in [9.17, 15) is 8.42 Å². The first-order valence-corrected chi connectivity index (χ1v) is 8.85. The van der Waals surface area contributed by atoms with Crippen molar-refractivity contribution in [1.29, 1.82) is 0 Å². The van der Waals surface area contributed by atoms with Gasteiger partial charge in [0, 0.05) is 18.8 Å². The van der Waals surface area contributed by atoms with Crippen LogP contribution in [0.4, 0.5) is 5.69 Å². The zero-order valence-corrected chi connectivity index (χ0v) is 13.7. The van der Waals surface area contributed by atoms with Gasteiger partial charge < -0.3 is 10.1 Å². The summed E-state index contributed by atoms with van der Waals surface area (Å²) < 4.78 is 33.2.